The fourth-order valence-corrected chi connectivity index (χ4v) is 4.06. The molecule has 0 amide bonds. The molecule has 0 unspecified atom stereocenters. The van der Waals surface area contributed by atoms with Crippen LogP contribution < -0.4 is 0 Å². The monoisotopic (exact) mass is 266 g/mol. The van der Waals surface area contributed by atoms with E-state index in [4.69, 9.17) is 0 Å². The highest BCUT2D eigenvalue weighted by atomic mass is 32.2. The van der Waals surface area contributed by atoms with Crippen molar-refractivity contribution in [1.82, 2.24) is 0 Å². The van der Waals surface area contributed by atoms with E-state index < -0.39 is 9.84 Å². The number of hydrogen-bond acceptors (Lipinski definition) is 2. The van der Waals surface area contributed by atoms with Crippen LogP contribution in [0.1, 0.15) is 44.1 Å². The van der Waals surface area contributed by atoms with Gasteiger partial charge in [0, 0.05) is 0 Å². The molecule has 0 aromatic heterocycles. The van der Waals surface area contributed by atoms with Gasteiger partial charge in [-0.05, 0) is 37.8 Å². The second-order valence-electron chi connectivity index (χ2n) is 5.42. The van der Waals surface area contributed by atoms with E-state index in [2.05, 4.69) is 0 Å². The topological polar surface area (TPSA) is 34.1 Å². The zero-order valence-electron chi connectivity index (χ0n) is 11.1. The highest BCUT2D eigenvalue weighted by molar-refractivity contribution is 7.91. The first kappa shape index (κ1) is 13.6. The summed E-state index contributed by atoms with van der Waals surface area (Å²) in [6.45, 7) is 1.97. The Morgan fingerprint density at radius 1 is 1.11 bits per heavy atom. The van der Waals surface area contributed by atoms with Gasteiger partial charge in [-0.2, -0.15) is 0 Å². The van der Waals surface area contributed by atoms with Gasteiger partial charge in [0.15, 0.2) is 9.84 Å². The molecule has 1 aliphatic carbocycles. The van der Waals surface area contributed by atoms with Crippen molar-refractivity contribution in [2.24, 2.45) is 5.92 Å². The van der Waals surface area contributed by atoms with Crippen molar-refractivity contribution in [1.29, 1.82) is 0 Å². The zero-order valence-corrected chi connectivity index (χ0v) is 11.9. The van der Waals surface area contributed by atoms with Gasteiger partial charge in [0.2, 0.25) is 0 Å². The van der Waals surface area contributed by atoms with Crippen molar-refractivity contribution in [2.45, 2.75) is 50.3 Å². The lowest BCUT2D eigenvalue weighted by molar-refractivity contribution is 0.494. The van der Waals surface area contributed by atoms with Crippen LogP contribution >= 0.6 is 0 Å². The van der Waals surface area contributed by atoms with Crippen LogP contribution in [0.4, 0.5) is 0 Å². The Kier molecular flexibility index (Phi) is 4.44. The molecule has 3 heteroatoms. The van der Waals surface area contributed by atoms with Crippen molar-refractivity contribution < 1.29 is 8.42 Å². The van der Waals surface area contributed by atoms with Crippen molar-refractivity contribution in [3.05, 3.63) is 29.8 Å². The van der Waals surface area contributed by atoms with Crippen molar-refractivity contribution in [2.75, 3.05) is 5.75 Å². The number of rotatable bonds is 5. The average molecular weight is 266 g/mol. The maximum atomic E-state index is 12.1. The van der Waals surface area contributed by atoms with Crippen molar-refractivity contribution in [3.8, 4) is 0 Å². The Balaban J connectivity index is 1.88. The number of sulfone groups is 1. The van der Waals surface area contributed by atoms with Crippen LogP contribution in [0.5, 0.6) is 0 Å². The van der Waals surface area contributed by atoms with Crippen LogP contribution in [0.2, 0.25) is 0 Å². The molecule has 1 aromatic rings. The first-order chi connectivity index (χ1) is 8.58. The number of hydrogen-bond donors (Lipinski definition) is 0. The van der Waals surface area contributed by atoms with Crippen LogP contribution in [0.15, 0.2) is 29.2 Å². The SMILES string of the molecule is Cc1ccc(S(=O)(=O)CCCC2CCCC2)cc1. The molecule has 2 nitrogen and oxygen atoms in total. The molecule has 1 saturated carbocycles. The lowest BCUT2D eigenvalue weighted by Crippen LogP contribution is -2.08. The third-order valence-corrected chi connectivity index (χ3v) is 5.70. The largest absolute Gasteiger partial charge is 0.224 e. The van der Waals surface area contributed by atoms with Crippen LogP contribution in [0.25, 0.3) is 0 Å². The van der Waals surface area contributed by atoms with Crippen LogP contribution in [-0.4, -0.2) is 14.2 Å². The van der Waals surface area contributed by atoms with Gasteiger partial charge in [-0.25, -0.2) is 8.42 Å². The summed E-state index contributed by atoms with van der Waals surface area (Å²) >= 11 is 0. The second kappa shape index (κ2) is 5.87. The minimum Gasteiger partial charge on any atom is -0.224 e. The van der Waals surface area contributed by atoms with Gasteiger partial charge in [0.25, 0.3) is 0 Å². The summed E-state index contributed by atoms with van der Waals surface area (Å²) in [5.74, 6) is 1.07. The molecule has 0 saturated heterocycles. The molecule has 18 heavy (non-hydrogen) atoms. The fraction of sp³-hybridized carbons (Fsp3) is 0.600. The lowest BCUT2D eigenvalue weighted by atomic mass is 10.0. The molecule has 0 radical (unpaired) electrons. The quantitative estimate of drug-likeness (QED) is 0.813. The van der Waals surface area contributed by atoms with Crippen molar-refractivity contribution >= 4 is 9.84 Å². The first-order valence-electron chi connectivity index (χ1n) is 6.87. The number of aryl methyl sites for hydroxylation is 1. The Hall–Kier alpha value is -0.830. The standard InChI is InChI=1S/C15H22O2S/c1-13-8-10-15(11-9-13)18(16,17)12-4-7-14-5-2-3-6-14/h8-11,14H,2-7,12H2,1H3. The predicted octanol–water partition coefficient (Wildman–Crippen LogP) is 3.74. The minimum atomic E-state index is -3.07. The Morgan fingerprint density at radius 2 is 1.72 bits per heavy atom. The van der Waals surface area contributed by atoms with Crippen LogP contribution in [0.3, 0.4) is 0 Å². The Bertz CT molecular complexity index is 468. The van der Waals surface area contributed by atoms with Crippen molar-refractivity contribution in [3.63, 3.8) is 0 Å². The van der Waals surface area contributed by atoms with Crippen LogP contribution in [-0.2, 0) is 9.84 Å². The summed E-state index contributed by atoms with van der Waals surface area (Å²) in [5.41, 5.74) is 1.10. The van der Waals surface area contributed by atoms with Gasteiger partial charge in [-0.1, -0.05) is 43.4 Å². The highest BCUT2D eigenvalue weighted by Gasteiger charge is 2.18. The smallest absolute Gasteiger partial charge is 0.178 e. The molecule has 0 heterocycles. The summed E-state index contributed by atoms with van der Waals surface area (Å²) in [6.07, 6.45) is 7.13. The minimum absolute atomic E-state index is 0.298. The summed E-state index contributed by atoms with van der Waals surface area (Å²) in [6, 6.07) is 7.17. The van der Waals surface area contributed by atoms with Gasteiger partial charge in [0.1, 0.15) is 0 Å². The molecule has 0 N–H and O–H groups in total. The van der Waals surface area contributed by atoms with Gasteiger partial charge < -0.3 is 0 Å². The fourth-order valence-electron chi connectivity index (χ4n) is 2.72. The van der Waals surface area contributed by atoms with E-state index in [9.17, 15) is 8.42 Å². The summed E-state index contributed by atoms with van der Waals surface area (Å²) in [7, 11) is -3.07. The summed E-state index contributed by atoms with van der Waals surface area (Å²) in [5, 5.41) is 0. The van der Waals surface area contributed by atoms with Gasteiger partial charge in [-0.3, -0.25) is 0 Å². The maximum Gasteiger partial charge on any atom is 0.178 e. The highest BCUT2D eigenvalue weighted by Crippen LogP contribution is 2.29. The van der Waals surface area contributed by atoms with Gasteiger partial charge in [-0.15, -0.1) is 0 Å². The molecular formula is C15H22O2S. The Labute approximate surface area is 110 Å². The summed E-state index contributed by atoms with van der Waals surface area (Å²) in [4.78, 5) is 0.472. The van der Waals surface area contributed by atoms with Crippen LogP contribution in [0, 0.1) is 12.8 Å². The van der Waals surface area contributed by atoms with E-state index in [1.165, 1.54) is 25.7 Å². The molecule has 1 aromatic carbocycles. The van der Waals surface area contributed by atoms with E-state index in [0.29, 0.717) is 10.6 Å². The molecule has 1 fully saturated rings. The average Bonchev–Trinajstić information content (AvgIpc) is 2.82. The molecule has 0 atom stereocenters. The van der Waals surface area contributed by atoms with Gasteiger partial charge in [0.05, 0.1) is 10.6 Å². The normalized spacial score (nSPS) is 17.2. The molecule has 0 aliphatic heterocycles. The molecule has 2 rings (SSSR count). The van der Waals surface area contributed by atoms with E-state index in [1.54, 1.807) is 12.1 Å². The first-order valence-corrected chi connectivity index (χ1v) is 8.52. The van der Waals surface area contributed by atoms with E-state index >= 15 is 0 Å². The van der Waals surface area contributed by atoms with Gasteiger partial charge >= 0.3 is 0 Å². The molecule has 1 aliphatic rings. The zero-order chi connectivity index (χ0) is 13.0. The lowest BCUT2D eigenvalue weighted by Gasteiger charge is -2.09. The molecular weight excluding hydrogens is 244 g/mol. The van der Waals surface area contributed by atoms with E-state index in [-0.39, 0.29) is 0 Å². The second-order valence-corrected chi connectivity index (χ2v) is 7.53. The third kappa shape index (κ3) is 3.58. The third-order valence-electron chi connectivity index (χ3n) is 3.88. The van der Waals surface area contributed by atoms with E-state index in [1.807, 2.05) is 19.1 Å². The number of benzene rings is 1. The maximum absolute atomic E-state index is 12.1. The predicted molar refractivity (Wildman–Crippen MR) is 74.4 cm³/mol. The molecule has 100 valence electrons. The van der Waals surface area contributed by atoms with E-state index in [0.717, 1.165) is 24.3 Å². The molecule has 0 bridgehead atoms. The summed E-state index contributed by atoms with van der Waals surface area (Å²) < 4.78 is 24.2. The Morgan fingerprint density at radius 3 is 2.33 bits per heavy atom. The molecule has 0 spiro atoms.